The second-order valence-electron chi connectivity index (χ2n) is 7.06. The van der Waals surface area contributed by atoms with Crippen LogP contribution in [0.25, 0.3) is 0 Å². The van der Waals surface area contributed by atoms with E-state index in [0.717, 1.165) is 23.1 Å². The maximum atomic E-state index is 13.2. The van der Waals surface area contributed by atoms with Gasteiger partial charge in [0.25, 0.3) is 0 Å². The molecule has 1 heterocycles. The summed E-state index contributed by atoms with van der Waals surface area (Å²) in [6, 6.07) is 16.8. The fraction of sp³-hybridized carbons (Fsp3) is 0.333. The Balaban J connectivity index is 2.01. The molecule has 1 atom stereocenters. The summed E-state index contributed by atoms with van der Waals surface area (Å²) in [4.78, 5) is 0. The van der Waals surface area contributed by atoms with Gasteiger partial charge in [-0.05, 0) is 24.5 Å². The van der Waals surface area contributed by atoms with Crippen molar-refractivity contribution >= 4 is 9.84 Å². The van der Waals surface area contributed by atoms with Crippen molar-refractivity contribution in [3.63, 3.8) is 0 Å². The van der Waals surface area contributed by atoms with Crippen LogP contribution in [0.2, 0.25) is 0 Å². The van der Waals surface area contributed by atoms with E-state index in [2.05, 4.69) is 10.2 Å². The van der Waals surface area contributed by atoms with Crippen molar-refractivity contribution in [2.24, 2.45) is 5.73 Å². The van der Waals surface area contributed by atoms with E-state index in [9.17, 15) is 8.42 Å². The highest BCUT2D eigenvalue weighted by Gasteiger charge is 2.27. The van der Waals surface area contributed by atoms with Crippen LogP contribution in [0.3, 0.4) is 0 Å². The van der Waals surface area contributed by atoms with Gasteiger partial charge in [0.2, 0.25) is 15.0 Å². The molecule has 148 valence electrons. The molecule has 0 amide bonds. The highest BCUT2D eigenvalue weighted by molar-refractivity contribution is 7.90. The second-order valence-corrected chi connectivity index (χ2v) is 8.94. The Bertz CT molecular complexity index is 1030. The van der Waals surface area contributed by atoms with Crippen LogP contribution < -0.4 is 5.73 Å². The first-order valence-electron chi connectivity index (χ1n) is 9.41. The number of sulfone groups is 1. The number of aromatic nitrogens is 3. The van der Waals surface area contributed by atoms with Crippen molar-refractivity contribution in [1.82, 2.24) is 14.8 Å². The first kappa shape index (κ1) is 20.2. The maximum Gasteiger partial charge on any atom is 0.250 e. The summed E-state index contributed by atoms with van der Waals surface area (Å²) in [5.41, 5.74) is 8.99. The number of aryl methyl sites for hydroxylation is 1. The summed E-state index contributed by atoms with van der Waals surface area (Å²) in [7, 11) is -3.67. The average molecular weight is 399 g/mol. The minimum atomic E-state index is -3.67. The van der Waals surface area contributed by atoms with Gasteiger partial charge in [0.1, 0.15) is 0 Å². The zero-order chi connectivity index (χ0) is 20.1. The lowest BCUT2D eigenvalue weighted by atomic mass is 10.1. The second kappa shape index (κ2) is 8.67. The Hall–Kier alpha value is -2.51. The Kier molecular flexibility index (Phi) is 6.26. The number of hydrogen-bond donors (Lipinski definition) is 1. The number of benzene rings is 2. The number of hydrogen-bond acceptors (Lipinski definition) is 5. The van der Waals surface area contributed by atoms with Gasteiger partial charge in [-0.15, -0.1) is 10.2 Å². The molecule has 2 N–H and O–H groups in total. The Morgan fingerprint density at radius 2 is 1.75 bits per heavy atom. The quantitative estimate of drug-likeness (QED) is 0.628. The van der Waals surface area contributed by atoms with E-state index < -0.39 is 9.84 Å². The molecular formula is C21H26N4O2S. The Labute approximate surface area is 166 Å². The van der Waals surface area contributed by atoms with Gasteiger partial charge in [-0.2, -0.15) is 0 Å². The third-order valence-corrected chi connectivity index (χ3v) is 6.15. The van der Waals surface area contributed by atoms with Crippen LogP contribution >= 0.6 is 0 Å². The predicted molar refractivity (Wildman–Crippen MR) is 109 cm³/mol. The highest BCUT2D eigenvalue weighted by Crippen LogP contribution is 2.22. The zero-order valence-electron chi connectivity index (χ0n) is 16.2. The van der Waals surface area contributed by atoms with Crippen LogP contribution in [-0.2, 0) is 22.1 Å². The Morgan fingerprint density at radius 3 is 2.43 bits per heavy atom. The van der Waals surface area contributed by atoms with E-state index in [-0.39, 0.29) is 17.0 Å². The molecule has 7 heteroatoms. The predicted octanol–water partition coefficient (Wildman–Crippen LogP) is 3.41. The molecular weight excluding hydrogens is 372 g/mol. The fourth-order valence-corrected chi connectivity index (χ4v) is 4.65. The molecule has 6 nitrogen and oxygen atoms in total. The van der Waals surface area contributed by atoms with E-state index in [4.69, 9.17) is 5.73 Å². The molecule has 1 unspecified atom stereocenters. The summed E-state index contributed by atoms with van der Waals surface area (Å²) in [5.74, 6) is 0.387. The lowest BCUT2D eigenvalue weighted by Gasteiger charge is -2.15. The van der Waals surface area contributed by atoms with Gasteiger partial charge in [-0.25, -0.2) is 8.42 Å². The molecule has 3 rings (SSSR count). The zero-order valence-corrected chi connectivity index (χ0v) is 17.1. The van der Waals surface area contributed by atoms with Crippen LogP contribution in [0.15, 0.2) is 59.8 Å². The van der Waals surface area contributed by atoms with E-state index in [1.54, 1.807) is 4.57 Å². The van der Waals surface area contributed by atoms with Crippen LogP contribution in [0.1, 0.15) is 48.3 Å². The maximum absolute atomic E-state index is 13.2. The van der Waals surface area contributed by atoms with Gasteiger partial charge in [0.05, 0.1) is 18.3 Å². The summed E-state index contributed by atoms with van der Waals surface area (Å²) in [5, 5.41) is 8.19. The molecule has 0 aliphatic heterocycles. The standard InChI is InChI=1S/C21H26N4O2S/c1-3-8-19(22)20-23-24-21(25(20)14-17-10-5-4-6-11-17)28(26,27)15-18-12-7-9-16(2)13-18/h4-7,9-13,19H,3,8,14-15,22H2,1-2H3. The van der Waals surface area contributed by atoms with Crippen LogP contribution in [0.5, 0.6) is 0 Å². The van der Waals surface area contributed by atoms with Gasteiger partial charge in [0, 0.05) is 0 Å². The summed E-state index contributed by atoms with van der Waals surface area (Å²) < 4.78 is 28.0. The van der Waals surface area contributed by atoms with Crippen molar-refractivity contribution in [3.8, 4) is 0 Å². The summed E-state index contributed by atoms with van der Waals surface area (Å²) >= 11 is 0. The van der Waals surface area contributed by atoms with Crippen LogP contribution in [-0.4, -0.2) is 23.2 Å². The van der Waals surface area contributed by atoms with Gasteiger partial charge in [-0.3, -0.25) is 4.57 Å². The molecule has 2 aromatic carbocycles. The minimum Gasteiger partial charge on any atom is -0.321 e. The van der Waals surface area contributed by atoms with E-state index in [0.29, 0.717) is 18.8 Å². The SMILES string of the molecule is CCCC(N)c1nnc(S(=O)(=O)Cc2cccc(C)c2)n1Cc1ccccc1. The molecule has 0 bridgehead atoms. The van der Waals surface area contributed by atoms with Crippen molar-refractivity contribution in [1.29, 1.82) is 0 Å². The summed E-state index contributed by atoms with van der Waals surface area (Å²) in [6.45, 7) is 4.34. The minimum absolute atomic E-state index is 0.0283. The molecule has 0 saturated heterocycles. The van der Waals surface area contributed by atoms with Crippen molar-refractivity contribution in [2.75, 3.05) is 0 Å². The largest absolute Gasteiger partial charge is 0.321 e. The third kappa shape index (κ3) is 4.66. The normalized spacial score (nSPS) is 12.8. The van der Waals surface area contributed by atoms with E-state index >= 15 is 0 Å². The number of nitrogens with two attached hydrogens (primary N) is 1. The third-order valence-electron chi connectivity index (χ3n) is 4.58. The topological polar surface area (TPSA) is 90.9 Å². The number of rotatable bonds is 8. The smallest absolute Gasteiger partial charge is 0.250 e. The first-order chi connectivity index (χ1) is 13.4. The molecule has 1 aromatic heterocycles. The fourth-order valence-electron chi connectivity index (χ4n) is 3.24. The molecule has 0 saturated carbocycles. The molecule has 0 aliphatic carbocycles. The monoisotopic (exact) mass is 398 g/mol. The highest BCUT2D eigenvalue weighted by atomic mass is 32.2. The average Bonchev–Trinajstić information content (AvgIpc) is 3.07. The first-order valence-corrected chi connectivity index (χ1v) is 11.1. The van der Waals surface area contributed by atoms with Gasteiger partial charge >= 0.3 is 0 Å². The van der Waals surface area contributed by atoms with Crippen molar-refractivity contribution in [3.05, 3.63) is 77.1 Å². The molecule has 28 heavy (non-hydrogen) atoms. The van der Waals surface area contributed by atoms with Crippen LogP contribution in [0, 0.1) is 6.92 Å². The Morgan fingerprint density at radius 1 is 1.04 bits per heavy atom. The van der Waals surface area contributed by atoms with Gasteiger partial charge < -0.3 is 5.73 Å². The van der Waals surface area contributed by atoms with Crippen LogP contribution in [0.4, 0.5) is 0 Å². The van der Waals surface area contributed by atoms with Gasteiger partial charge in [-0.1, -0.05) is 73.5 Å². The molecule has 0 radical (unpaired) electrons. The number of nitrogens with zero attached hydrogens (tertiary/aromatic N) is 3. The van der Waals surface area contributed by atoms with Crippen molar-refractivity contribution in [2.45, 2.75) is 50.2 Å². The molecule has 0 spiro atoms. The molecule has 0 fully saturated rings. The van der Waals surface area contributed by atoms with E-state index in [1.165, 1.54) is 0 Å². The molecule has 3 aromatic rings. The lowest BCUT2D eigenvalue weighted by molar-refractivity contribution is 0.537. The van der Waals surface area contributed by atoms with Crippen molar-refractivity contribution < 1.29 is 8.42 Å². The van der Waals surface area contributed by atoms with Gasteiger partial charge in [0.15, 0.2) is 5.82 Å². The lowest BCUT2D eigenvalue weighted by Crippen LogP contribution is -2.20. The summed E-state index contributed by atoms with van der Waals surface area (Å²) in [6.07, 6.45) is 1.59. The van der Waals surface area contributed by atoms with E-state index in [1.807, 2.05) is 68.4 Å². The molecule has 0 aliphatic rings.